The Morgan fingerprint density at radius 3 is 2.21 bits per heavy atom. The number of hydrogen-bond acceptors (Lipinski definition) is 4. The van der Waals surface area contributed by atoms with Crippen molar-refractivity contribution >= 4 is 29.2 Å². The number of nitrogens with zero attached hydrogens (tertiary/aromatic N) is 1. The highest BCUT2D eigenvalue weighted by atomic mass is 16.4. The van der Waals surface area contributed by atoms with Crippen molar-refractivity contribution in [2.45, 2.75) is 13.3 Å². The van der Waals surface area contributed by atoms with E-state index in [9.17, 15) is 19.5 Å². The number of nitrogens with one attached hydrogen (secondary N) is 1. The molecule has 0 aromatic heterocycles. The van der Waals surface area contributed by atoms with Gasteiger partial charge in [0.15, 0.2) is 0 Å². The number of allylic oxidation sites excluding steroid dienone is 2. The summed E-state index contributed by atoms with van der Waals surface area (Å²) >= 11 is 0. The van der Waals surface area contributed by atoms with Crippen LogP contribution in [-0.4, -0.2) is 24.8 Å². The zero-order valence-electron chi connectivity index (χ0n) is 13.6. The van der Waals surface area contributed by atoms with Crippen molar-refractivity contribution in [1.29, 1.82) is 0 Å². The molecule has 1 saturated carbocycles. The zero-order valence-corrected chi connectivity index (χ0v) is 13.6. The van der Waals surface area contributed by atoms with Gasteiger partial charge in [0.25, 0.3) is 0 Å². The Kier molecular flexibility index (Phi) is 4.13. The number of carbonyl (C=O) groups is 3. The van der Waals surface area contributed by atoms with E-state index in [2.05, 4.69) is 5.32 Å². The number of fused-ring (bicyclic) bond motifs is 2. The first-order chi connectivity index (χ1) is 11.4. The van der Waals surface area contributed by atoms with E-state index in [1.807, 2.05) is 12.2 Å². The molecular weight excluding hydrogens is 308 g/mol. The van der Waals surface area contributed by atoms with Crippen molar-refractivity contribution in [3.63, 3.8) is 0 Å². The predicted octanol–water partition coefficient (Wildman–Crippen LogP) is 0.796. The molecular formula is C18H19N2O4-. The van der Waals surface area contributed by atoms with Gasteiger partial charge >= 0.3 is 0 Å². The molecule has 2 bridgehead atoms. The number of rotatable bonds is 4. The van der Waals surface area contributed by atoms with E-state index < -0.39 is 17.8 Å². The minimum atomic E-state index is -1.16. The summed E-state index contributed by atoms with van der Waals surface area (Å²) < 4.78 is 0. The molecule has 0 heterocycles. The van der Waals surface area contributed by atoms with Crippen molar-refractivity contribution in [2.75, 3.05) is 17.3 Å². The van der Waals surface area contributed by atoms with E-state index in [0.29, 0.717) is 12.1 Å². The van der Waals surface area contributed by atoms with Gasteiger partial charge in [-0.05, 0) is 42.5 Å². The van der Waals surface area contributed by atoms with Crippen LogP contribution in [0.5, 0.6) is 0 Å². The number of amides is 2. The molecule has 2 aliphatic carbocycles. The third-order valence-electron chi connectivity index (χ3n) is 5.03. The van der Waals surface area contributed by atoms with E-state index in [4.69, 9.17) is 0 Å². The van der Waals surface area contributed by atoms with Crippen molar-refractivity contribution in [3.05, 3.63) is 36.4 Å². The Balaban J connectivity index is 1.72. The molecule has 1 fully saturated rings. The summed E-state index contributed by atoms with van der Waals surface area (Å²) in [5.41, 5.74) is 1.29. The maximum absolute atomic E-state index is 12.5. The van der Waals surface area contributed by atoms with Crippen LogP contribution in [0.3, 0.4) is 0 Å². The van der Waals surface area contributed by atoms with E-state index in [0.717, 1.165) is 5.69 Å². The molecule has 4 atom stereocenters. The highest BCUT2D eigenvalue weighted by Crippen LogP contribution is 2.48. The second-order valence-corrected chi connectivity index (χ2v) is 6.43. The number of anilines is 2. The van der Waals surface area contributed by atoms with Gasteiger partial charge < -0.3 is 20.1 Å². The average molecular weight is 327 g/mol. The number of aliphatic carboxylic acids is 1. The lowest BCUT2D eigenvalue weighted by atomic mass is 9.82. The lowest BCUT2D eigenvalue weighted by molar-refractivity contribution is -0.313. The Morgan fingerprint density at radius 2 is 1.67 bits per heavy atom. The smallest absolute Gasteiger partial charge is 0.228 e. The van der Waals surface area contributed by atoms with E-state index in [-0.39, 0.29) is 23.7 Å². The van der Waals surface area contributed by atoms with Gasteiger partial charge in [0.1, 0.15) is 0 Å². The fourth-order valence-electron chi connectivity index (χ4n) is 3.68. The third-order valence-corrected chi connectivity index (χ3v) is 5.03. The lowest BCUT2D eigenvalue weighted by Crippen LogP contribution is -2.42. The second kappa shape index (κ2) is 6.11. The van der Waals surface area contributed by atoms with Gasteiger partial charge in [0.2, 0.25) is 11.8 Å². The Morgan fingerprint density at radius 1 is 1.08 bits per heavy atom. The molecule has 1 aromatic rings. The molecule has 2 amide bonds. The lowest BCUT2D eigenvalue weighted by Gasteiger charge is -2.27. The fourth-order valence-corrected chi connectivity index (χ4v) is 3.68. The first-order valence-corrected chi connectivity index (χ1v) is 7.93. The van der Waals surface area contributed by atoms with Crippen LogP contribution >= 0.6 is 0 Å². The molecule has 0 aliphatic heterocycles. The van der Waals surface area contributed by atoms with E-state index >= 15 is 0 Å². The van der Waals surface area contributed by atoms with Crippen molar-refractivity contribution in [3.8, 4) is 0 Å². The van der Waals surface area contributed by atoms with Crippen LogP contribution in [-0.2, 0) is 14.4 Å². The van der Waals surface area contributed by atoms with Crippen molar-refractivity contribution < 1.29 is 19.5 Å². The molecule has 126 valence electrons. The summed E-state index contributed by atoms with van der Waals surface area (Å²) in [5, 5.41) is 14.2. The van der Waals surface area contributed by atoms with Crippen LogP contribution in [0.15, 0.2) is 36.4 Å². The second-order valence-electron chi connectivity index (χ2n) is 6.43. The molecule has 3 rings (SSSR count). The summed E-state index contributed by atoms with van der Waals surface area (Å²) in [5.74, 6) is -3.05. The molecule has 0 spiro atoms. The monoisotopic (exact) mass is 327 g/mol. The number of carbonyl (C=O) groups excluding carboxylic acids is 3. The van der Waals surface area contributed by atoms with Crippen LogP contribution in [0.2, 0.25) is 0 Å². The molecule has 2 aliphatic rings. The van der Waals surface area contributed by atoms with Gasteiger partial charge in [-0.1, -0.05) is 12.2 Å². The highest BCUT2D eigenvalue weighted by molar-refractivity contribution is 5.96. The van der Waals surface area contributed by atoms with E-state index in [1.54, 1.807) is 31.3 Å². The van der Waals surface area contributed by atoms with Crippen molar-refractivity contribution in [1.82, 2.24) is 0 Å². The SMILES string of the molecule is CC(=O)N(C)c1ccc(NC(=O)[C@@H]2[C@@H](C(=O)[O-])[C@H]3C=C[C@H]2C3)cc1. The molecule has 24 heavy (non-hydrogen) atoms. The van der Waals surface area contributed by atoms with Gasteiger partial charge in [-0.25, -0.2) is 0 Å². The molecule has 1 N–H and O–H groups in total. The maximum Gasteiger partial charge on any atom is 0.228 e. The minimum Gasteiger partial charge on any atom is -0.550 e. The predicted molar refractivity (Wildman–Crippen MR) is 86.9 cm³/mol. The van der Waals surface area contributed by atoms with Gasteiger partial charge in [-0.2, -0.15) is 0 Å². The Hall–Kier alpha value is -2.63. The molecule has 6 heteroatoms. The normalized spacial score (nSPS) is 27.1. The van der Waals surface area contributed by atoms with Gasteiger partial charge in [0.05, 0.1) is 5.92 Å². The summed E-state index contributed by atoms with van der Waals surface area (Å²) in [4.78, 5) is 36.8. The molecule has 1 aromatic carbocycles. The fraction of sp³-hybridized carbons (Fsp3) is 0.389. The topological polar surface area (TPSA) is 89.5 Å². The first-order valence-electron chi connectivity index (χ1n) is 7.93. The standard InChI is InChI=1S/C18H20N2O4/c1-10(21)20(2)14-7-5-13(6-8-14)19-17(22)15-11-3-4-12(9-11)16(15)18(23)24/h3-8,11-12,15-16H,9H2,1-2H3,(H,19,22)(H,23,24)/p-1/t11-,12-,15-,16-/m0/s1. The van der Waals surface area contributed by atoms with Crippen molar-refractivity contribution in [2.24, 2.45) is 23.7 Å². The van der Waals surface area contributed by atoms with Crippen LogP contribution in [0.4, 0.5) is 11.4 Å². The zero-order chi connectivity index (χ0) is 17.4. The number of carboxylic acids is 1. The van der Waals surface area contributed by atoms with Crippen LogP contribution in [0, 0.1) is 23.7 Å². The quantitative estimate of drug-likeness (QED) is 0.828. The highest BCUT2D eigenvalue weighted by Gasteiger charge is 2.48. The molecule has 0 radical (unpaired) electrons. The number of hydrogen-bond donors (Lipinski definition) is 1. The van der Waals surface area contributed by atoms with Crippen LogP contribution in [0.1, 0.15) is 13.3 Å². The molecule has 0 saturated heterocycles. The summed E-state index contributed by atoms with van der Waals surface area (Å²) in [6, 6.07) is 6.86. The number of carboxylic acid groups (broad SMARTS) is 1. The summed E-state index contributed by atoms with van der Waals surface area (Å²) in [6.07, 6.45) is 4.50. The third kappa shape index (κ3) is 2.79. The maximum atomic E-state index is 12.5. The van der Waals surface area contributed by atoms with Gasteiger partial charge in [0, 0.05) is 37.2 Å². The molecule has 0 unspecified atom stereocenters. The summed E-state index contributed by atoms with van der Waals surface area (Å²) in [7, 11) is 1.67. The Bertz CT molecular complexity index is 710. The van der Waals surface area contributed by atoms with Gasteiger partial charge in [-0.3, -0.25) is 9.59 Å². The van der Waals surface area contributed by atoms with Gasteiger partial charge in [-0.15, -0.1) is 0 Å². The Labute approximate surface area is 140 Å². The van der Waals surface area contributed by atoms with Crippen LogP contribution < -0.4 is 15.3 Å². The minimum absolute atomic E-state index is 0.0407. The largest absolute Gasteiger partial charge is 0.550 e. The van der Waals surface area contributed by atoms with E-state index in [1.165, 1.54) is 11.8 Å². The average Bonchev–Trinajstić information content (AvgIpc) is 3.15. The van der Waals surface area contributed by atoms with Crippen LogP contribution in [0.25, 0.3) is 0 Å². The summed E-state index contributed by atoms with van der Waals surface area (Å²) in [6.45, 7) is 1.47. The molecule has 6 nitrogen and oxygen atoms in total. The number of benzene rings is 1. The first kappa shape index (κ1) is 16.2.